The van der Waals surface area contributed by atoms with Gasteiger partial charge in [-0.05, 0) is 25.7 Å². The molecule has 0 aromatic carbocycles. The number of rotatable bonds is 3. The number of hydrogen-bond donors (Lipinski definition) is 1. The maximum Gasteiger partial charge on any atom is 0.132 e. The van der Waals surface area contributed by atoms with E-state index in [1.165, 1.54) is 50.9 Å². The van der Waals surface area contributed by atoms with Gasteiger partial charge in [-0.3, -0.25) is 4.90 Å². The van der Waals surface area contributed by atoms with Gasteiger partial charge in [-0.15, -0.1) is 0 Å². The van der Waals surface area contributed by atoms with E-state index < -0.39 is 0 Å². The van der Waals surface area contributed by atoms with Crippen LogP contribution in [0.25, 0.3) is 0 Å². The maximum atomic E-state index is 5.91. The number of anilines is 1. The number of hydrogen-bond acceptors (Lipinski definition) is 5. The van der Waals surface area contributed by atoms with Crippen molar-refractivity contribution in [1.82, 2.24) is 14.9 Å². The summed E-state index contributed by atoms with van der Waals surface area (Å²) in [7, 11) is 0. The van der Waals surface area contributed by atoms with Gasteiger partial charge < -0.3 is 10.6 Å². The Kier molecular flexibility index (Phi) is 4.49. The fraction of sp³-hybridized carbons (Fsp3) is 0.778. The van der Waals surface area contributed by atoms with Gasteiger partial charge in [0, 0.05) is 55.9 Å². The third kappa shape index (κ3) is 3.36. The fourth-order valence-electron chi connectivity index (χ4n) is 4.42. The molecule has 4 rings (SSSR count). The Bertz CT molecular complexity index is 514. The third-order valence-electron chi connectivity index (χ3n) is 6.00. The molecular formula is C18H29N5. The summed E-state index contributed by atoms with van der Waals surface area (Å²) in [5.41, 5.74) is 7.10. The molecule has 1 aromatic heterocycles. The molecule has 0 unspecified atom stereocenters. The number of nitrogens with two attached hydrogens (primary N) is 1. The summed E-state index contributed by atoms with van der Waals surface area (Å²) in [6.07, 6.45) is 11.0. The molecule has 126 valence electrons. The summed E-state index contributed by atoms with van der Waals surface area (Å²) in [5, 5.41) is 0. The third-order valence-corrected chi connectivity index (χ3v) is 6.00. The molecule has 2 N–H and O–H groups in total. The van der Waals surface area contributed by atoms with Crippen molar-refractivity contribution in [3.8, 4) is 0 Å². The lowest BCUT2D eigenvalue weighted by atomic mass is 9.78. The second-order valence-corrected chi connectivity index (χ2v) is 7.54. The second-order valence-electron chi connectivity index (χ2n) is 7.54. The van der Waals surface area contributed by atoms with Crippen LogP contribution in [0.2, 0.25) is 0 Å². The zero-order valence-corrected chi connectivity index (χ0v) is 14.0. The van der Waals surface area contributed by atoms with Crippen LogP contribution in [0.4, 0.5) is 5.82 Å². The lowest BCUT2D eigenvalue weighted by Gasteiger charge is -2.41. The topological polar surface area (TPSA) is 58.3 Å². The van der Waals surface area contributed by atoms with Crippen molar-refractivity contribution < 1.29 is 0 Å². The summed E-state index contributed by atoms with van der Waals surface area (Å²) < 4.78 is 0. The van der Waals surface area contributed by atoms with E-state index in [-0.39, 0.29) is 0 Å². The standard InChI is InChI=1S/C18H29N5/c19-15-10-14(11-15)17-12-18(21-13-20-17)23-8-6-22(7-9-23)16-4-2-1-3-5-16/h12-16H,1-11,19H2. The molecule has 3 fully saturated rings. The normalized spacial score (nSPS) is 30.2. The number of nitrogens with zero attached hydrogens (tertiary/aromatic N) is 4. The van der Waals surface area contributed by atoms with Crippen molar-refractivity contribution >= 4 is 5.82 Å². The highest BCUT2D eigenvalue weighted by molar-refractivity contribution is 5.40. The molecule has 5 heteroatoms. The Labute approximate surface area is 139 Å². The molecule has 0 atom stereocenters. The highest BCUT2D eigenvalue weighted by Crippen LogP contribution is 2.35. The van der Waals surface area contributed by atoms with Gasteiger partial charge in [-0.25, -0.2) is 9.97 Å². The van der Waals surface area contributed by atoms with E-state index in [1.54, 1.807) is 6.33 Å². The van der Waals surface area contributed by atoms with Gasteiger partial charge in [0.25, 0.3) is 0 Å². The highest BCUT2D eigenvalue weighted by Gasteiger charge is 2.30. The van der Waals surface area contributed by atoms with Crippen LogP contribution >= 0.6 is 0 Å². The van der Waals surface area contributed by atoms with Crippen LogP contribution < -0.4 is 10.6 Å². The summed E-state index contributed by atoms with van der Waals surface area (Å²) in [4.78, 5) is 14.1. The van der Waals surface area contributed by atoms with Crippen molar-refractivity contribution in [3.05, 3.63) is 18.1 Å². The van der Waals surface area contributed by atoms with Crippen LogP contribution in [0.3, 0.4) is 0 Å². The van der Waals surface area contributed by atoms with Crippen molar-refractivity contribution in [3.63, 3.8) is 0 Å². The molecule has 0 radical (unpaired) electrons. The van der Waals surface area contributed by atoms with E-state index in [4.69, 9.17) is 5.73 Å². The van der Waals surface area contributed by atoms with E-state index in [0.29, 0.717) is 12.0 Å². The molecule has 0 amide bonds. The lowest BCUT2D eigenvalue weighted by Crippen LogP contribution is -2.51. The number of piperazine rings is 1. The summed E-state index contributed by atoms with van der Waals surface area (Å²) in [6, 6.07) is 3.41. The van der Waals surface area contributed by atoms with E-state index in [9.17, 15) is 0 Å². The first-order valence-corrected chi connectivity index (χ1v) is 9.36. The van der Waals surface area contributed by atoms with Crippen LogP contribution in [0, 0.1) is 0 Å². The molecule has 2 saturated carbocycles. The van der Waals surface area contributed by atoms with Crippen LogP contribution in [0.1, 0.15) is 56.6 Å². The van der Waals surface area contributed by atoms with Gasteiger partial charge in [0.05, 0.1) is 0 Å². The van der Waals surface area contributed by atoms with Crippen molar-refractivity contribution in [1.29, 1.82) is 0 Å². The first kappa shape index (κ1) is 15.3. The summed E-state index contributed by atoms with van der Waals surface area (Å²) >= 11 is 0. The summed E-state index contributed by atoms with van der Waals surface area (Å²) in [6.45, 7) is 4.55. The Hall–Kier alpha value is -1.20. The van der Waals surface area contributed by atoms with E-state index in [2.05, 4.69) is 25.8 Å². The van der Waals surface area contributed by atoms with Crippen LogP contribution in [0.5, 0.6) is 0 Å². The zero-order chi connectivity index (χ0) is 15.6. The Morgan fingerprint density at radius 3 is 2.39 bits per heavy atom. The molecule has 0 spiro atoms. The molecule has 3 aliphatic rings. The second kappa shape index (κ2) is 6.73. The summed E-state index contributed by atoms with van der Waals surface area (Å²) in [5.74, 6) is 1.66. The zero-order valence-electron chi connectivity index (χ0n) is 14.0. The van der Waals surface area contributed by atoms with Gasteiger partial charge >= 0.3 is 0 Å². The van der Waals surface area contributed by atoms with Crippen LogP contribution in [-0.2, 0) is 0 Å². The molecule has 1 aliphatic heterocycles. The molecule has 1 saturated heterocycles. The van der Waals surface area contributed by atoms with Gasteiger partial charge in [0.15, 0.2) is 0 Å². The Balaban J connectivity index is 1.35. The van der Waals surface area contributed by atoms with Gasteiger partial charge in [-0.2, -0.15) is 0 Å². The predicted octanol–water partition coefficient (Wildman–Crippen LogP) is 2.14. The predicted molar refractivity (Wildman–Crippen MR) is 92.6 cm³/mol. The maximum absolute atomic E-state index is 5.91. The minimum Gasteiger partial charge on any atom is -0.354 e. The molecule has 2 aliphatic carbocycles. The lowest BCUT2D eigenvalue weighted by molar-refractivity contribution is 0.147. The Morgan fingerprint density at radius 2 is 1.70 bits per heavy atom. The monoisotopic (exact) mass is 315 g/mol. The minimum atomic E-state index is 0.373. The molecule has 5 nitrogen and oxygen atoms in total. The van der Waals surface area contributed by atoms with Gasteiger partial charge in [0.2, 0.25) is 0 Å². The first-order chi connectivity index (χ1) is 11.3. The van der Waals surface area contributed by atoms with Gasteiger partial charge in [-0.1, -0.05) is 19.3 Å². The van der Waals surface area contributed by atoms with Crippen molar-refractivity contribution in [2.24, 2.45) is 5.73 Å². The van der Waals surface area contributed by atoms with Crippen molar-refractivity contribution in [2.45, 2.75) is 62.9 Å². The molecule has 2 heterocycles. The molecule has 23 heavy (non-hydrogen) atoms. The first-order valence-electron chi connectivity index (χ1n) is 9.36. The number of aromatic nitrogens is 2. The molecular weight excluding hydrogens is 286 g/mol. The average Bonchev–Trinajstić information content (AvgIpc) is 2.60. The van der Waals surface area contributed by atoms with E-state index >= 15 is 0 Å². The van der Waals surface area contributed by atoms with E-state index in [0.717, 1.165) is 37.8 Å². The smallest absolute Gasteiger partial charge is 0.132 e. The van der Waals surface area contributed by atoms with Crippen LogP contribution in [0.15, 0.2) is 12.4 Å². The average molecular weight is 315 g/mol. The largest absolute Gasteiger partial charge is 0.354 e. The SMILES string of the molecule is NC1CC(c2cc(N3CCN(C4CCCCC4)CC3)ncn2)C1. The van der Waals surface area contributed by atoms with Crippen LogP contribution in [-0.4, -0.2) is 53.1 Å². The van der Waals surface area contributed by atoms with E-state index in [1.807, 2.05) is 0 Å². The quantitative estimate of drug-likeness (QED) is 0.926. The Morgan fingerprint density at radius 1 is 0.957 bits per heavy atom. The molecule has 1 aromatic rings. The minimum absolute atomic E-state index is 0.373. The fourth-order valence-corrected chi connectivity index (χ4v) is 4.42. The highest BCUT2D eigenvalue weighted by atomic mass is 15.3. The molecule has 0 bridgehead atoms. The van der Waals surface area contributed by atoms with Gasteiger partial charge in [0.1, 0.15) is 12.1 Å². The van der Waals surface area contributed by atoms with Crippen molar-refractivity contribution in [2.75, 3.05) is 31.1 Å².